The molecule has 0 heterocycles. The summed E-state index contributed by atoms with van der Waals surface area (Å²) in [5, 5.41) is 4.89. The fourth-order valence-electron chi connectivity index (χ4n) is 6.28. The standard InChI is InChI=1S/C45H32N2/c1-3-17-40(18-4-1)46(44-30-25-35-12-7-9-14-38(35)32-44)42-21-11-16-34(22-27-42)37-23-28-43(29-24-37)47(41-19-5-2-6-20-41)45-31-26-36-13-8-10-15-39(36)33-45/h1-20,22-33H. The molecule has 1 aliphatic rings. The largest absolute Gasteiger partial charge is 0.310 e. The summed E-state index contributed by atoms with van der Waals surface area (Å²) in [6.45, 7) is 0. The van der Waals surface area contributed by atoms with E-state index in [-0.39, 0.29) is 0 Å². The predicted octanol–water partition coefficient (Wildman–Crippen LogP) is 12.3. The number of hydrogen-bond donors (Lipinski definition) is 0. The molecule has 0 spiro atoms. The highest BCUT2D eigenvalue weighted by Crippen LogP contribution is 2.37. The predicted molar refractivity (Wildman–Crippen MR) is 200 cm³/mol. The number of allylic oxidation sites excluding steroid dienone is 4. The van der Waals surface area contributed by atoms with Crippen molar-refractivity contribution in [2.75, 3.05) is 9.80 Å². The van der Waals surface area contributed by atoms with Crippen LogP contribution in [0.4, 0.5) is 28.4 Å². The van der Waals surface area contributed by atoms with Crippen LogP contribution < -0.4 is 9.80 Å². The van der Waals surface area contributed by atoms with Crippen LogP contribution in [0.1, 0.15) is 5.56 Å². The summed E-state index contributed by atoms with van der Waals surface area (Å²) in [7, 11) is 0. The first-order valence-corrected chi connectivity index (χ1v) is 15.9. The van der Waals surface area contributed by atoms with Crippen molar-refractivity contribution in [2.45, 2.75) is 0 Å². The molecule has 0 saturated carbocycles. The van der Waals surface area contributed by atoms with Crippen LogP contribution in [-0.2, 0) is 0 Å². The van der Waals surface area contributed by atoms with Crippen molar-refractivity contribution in [3.63, 3.8) is 0 Å². The molecule has 0 aliphatic heterocycles. The van der Waals surface area contributed by atoms with E-state index in [4.69, 9.17) is 0 Å². The van der Waals surface area contributed by atoms with Crippen molar-refractivity contribution in [2.24, 2.45) is 0 Å². The Bertz CT molecular complexity index is 2320. The minimum atomic E-state index is 0.973. The highest BCUT2D eigenvalue weighted by atomic mass is 15.1. The van der Waals surface area contributed by atoms with E-state index >= 15 is 0 Å². The third-order valence-corrected chi connectivity index (χ3v) is 8.63. The first kappa shape index (κ1) is 28.2. The van der Waals surface area contributed by atoms with E-state index in [0.717, 1.165) is 45.3 Å². The zero-order valence-corrected chi connectivity index (χ0v) is 25.9. The number of fused-ring (bicyclic) bond motifs is 2. The van der Waals surface area contributed by atoms with Crippen LogP contribution in [-0.4, -0.2) is 0 Å². The molecule has 0 fully saturated rings. The first-order chi connectivity index (χ1) is 23.3. The zero-order valence-electron chi connectivity index (χ0n) is 25.9. The monoisotopic (exact) mass is 600 g/mol. The number of anilines is 5. The smallest absolute Gasteiger partial charge is 0.0890 e. The van der Waals surface area contributed by atoms with Gasteiger partial charge >= 0.3 is 0 Å². The normalized spacial score (nSPS) is 12.4. The van der Waals surface area contributed by atoms with Gasteiger partial charge in [0.05, 0.1) is 5.70 Å². The molecule has 1 aliphatic carbocycles. The van der Waals surface area contributed by atoms with Crippen LogP contribution >= 0.6 is 0 Å². The van der Waals surface area contributed by atoms with Gasteiger partial charge in [-0.15, -0.1) is 0 Å². The third kappa shape index (κ3) is 5.78. The van der Waals surface area contributed by atoms with Crippen molar-refractivity contribution >= 4 is 55.6 Å². The molecule has 8 rings (SSSR count). The summed E-state index contributed by atoms with van der Waals surface area (Å²) in [6, 6.07) is 60.2. The number of nitrogens with zero attached hydrogens (tertiary/aromatic N) is 2. The average Bonchev–Trinajstić information content (AvgIpc) is 3.39. The third-order valence-electron chi connectivity index (χ3n) is 8.63. The highest BCUT2D eigenvalue weighted by molar-refractivity contribution is 5.90. The quantitative estimate of drug-likeness (QED) is 0.168. The topological polar surface area (TPSA) is 6.48 Å². The molecular weight excluding hydrogens is 569 g/mol. The zero-order chi connectivity index (χ0) is 31.4. The van der Waals surface area contributed by atoms with Crippen LogP contribution in [0.2, 0.25) is 0 Å². The van der Waals surface area contributed by atoms with E-state index in [1.54, 1.807) is 0 Å². The summed E-state index contributed by atoms with van der Waals surface area (Å²) in [5.41, 5.74) is 12.3. The second kappa shape index (κ2) is 12.6. The SMILES string of the molecule is C1=CC=C(c2ccc(N(c3ccccc3)c3ccc4ccccc4c3)cc2)C=CC=1N(c1ccccc1)c1ccc2ccccc2c1. The molecule has 0 unspecified atom stereocenters. The molecule has 0 bridgehead atoms. The van der Waals surface area contributed by atoms with Crippen molar-refractivity contribution in [1.29, 1.82) is 0 Å². The minimum absolute atomic E-state index is 0.973. The van der Waals surface area contributed by atoms with Crippen LogP contribution in [0, 0.1) is 0 Å². The van der Waals surface area contributed by atoms with Gasteiger partial charge in [-0.25, -0.2) is 0 Å². The lowest BCUT2D eigenvalue weighted by Gasteiger charge is -2.26. The van der Waals surface area contributed by atoms with Gasteiger partial charge in [0.15, 0.2) is 0 Å². The fourth-order valence-corrected chi connectivity index (χ4v) is 6.28. The molecule has 0 atom stereocenters. The van der Waals surface area contributed by atoms with Gasteiger partial charge in [-0.2, -0.15) is 0 Å². The lowest BCUT2D eigenvalue weighted by molar-refractivity contribution is 1.22. The maximum absolute atomic E-state index is 3.56. The van der Waals surface area contributed by atoms with Gasteiger partial charge < -0.3 is 9.80 Å². The van der Waals surface area contributed by atoms with E-state index < -0.39 is 0 Å². The van der Waals surface area contributed by atoms with Gasteiger partial charge in [0.2, 0.25) is 0 Å². The molecule has 7 aromatic carbocycles. The first-order valence-electron chi connectivity index (χ1n) is 15.9. The molecule has 0 aromatic heterocycles. The summed E-state index contributed by atoms with van der Waals surface area (Å²) >= 11 is 0. The molecule has 0 N–H and O–H groups in total. The molecule has 0 radical (unpaired) electrons. The minimum Gasteiger partial charge on any atom is -0.310 e. The van der Waals surface area contributed by atoms with Gasteiger partial charge in [-0.3, -0.25) is 0 Å². The maximum Gasteiger partial charge on any atom is 0.0890 e. The fraction of sp³-hybridized carbons (Fsp3) is 0. The Balaban J connectivity index is 1.11. The number of benzene rings is 7. The molecular formula is C45H32N2. The Hall–Kier alpha value is -6.34. The van der Waals surface area contributed by atoms with E-state index in [1.807, 2.05) is 6.08 Å². The summed E-state index contributed by atoms with van der Waals surface area (Å²) in [4.78, 5) is 4.58. The Morgan fingerprint density at radius 3 is 1.43 bits per heavy atom. The molecule has 0 saturated heterocycles. The number of rotatable bonds is 7. The van der Waals surface area contributed by atoms with Crippen molar-refractivity contribution < 1.29 is 0 Å². The second-order valence-corrected chi connectivity index (χ2v) is 11.6. The van der Waals surface area contributed by atoms with E-state index in [9.17, 15) is 0 Å². The summed E-state index contributed by atoms with van der Waals surface area (Å²) in [6.07, 6.45) is 8.52. The molecule has 47 heavy (non-hydrogen) atoms. The Labute approximate surface area is 275 Å². The maximum atomic E-state index is 3.56. The van der Waals surface area contributed by atoms with Crippen LogP contribution in [0.5, 0.6) is 0 Å². The van der Waals surface area contributed by atoms with E-state index in [2.05, 4.69) is 204 Å². The van der Waals surface area contributed by atoms with Crippen molar-refractivity contribution in [1.82, 2.24) is 0 Å². The van der Waals surface area contributed by atoms with Crippen LogP contribution in [0.25, 0.3) is 27.1 Å². The van der Waals surface area contributed by atoms with Gasteiger partial charge in [0.25, 0.3) is 0 Å². The molecule has 222 valence electrons. The molecule has 2 nitrogen and oxygen atoms in total. The molecule has 7 aromatic rings. The Morgan fingerprint density at radius 2 is 0.830 bits per heavy atom. The van der Waals surface area contributed by atoms with Gasteiger partial charge in [0, 0.05) is 28.4 Å². The average molecular weight is 601 g/mol. The Morgan fingerprint density at radius 1 is 0.362 bits per heavy atom. The number of para-hydroxylation sites is 2. The molecule has 0 amide bonds. The van der Waals surface area contributed by atoms with E-state index in [1.165, 1.54) is 21.5 Å². The van der Waals surface area contributed by atoms with Crippen molar-refractivity contribution in [3.05, 3.63) is 211 Å². The van der Waals surface area contributed by atoms with E-state index in [0.29, 0.717) is 0 Å². The highest BCUT2D eigenvalue weighted by Gasteiger charge is 2.16. The second-order valence-electron chi connectivity index (χ2n) is 11.6. The lowest BCUT2D eigenvalue weighted by atomic mass is 10.0. The number of hydrogen-bond acceptors (Lipinski definition) is 2. The Kier molecular flexibility index (Phi) is 7.53. The van der Waals surface area contributed by atoms with Crippen LogP contribution in [0.15, 0.2) is 206 Å². The lowest BCUT2D eigenvalue weighted by Crippen LogP contribution is -2.14. The summed E-state index contributed by atoms with van der Waals surface area (Å²) in [5.74, 6) is 0. The van der Waals surface area contributed by atoms with Gasteiger partial charge in [-0.05, 0) is 112 Å². The summed E-state index contributed by atoms with van der Waals surface area (Å²) < 4.78 is 0. The van der Waals surface area contributed by atoms with Gasteiger partial charge in [-0.1, -0.05) is 121 Å². The van der Waals surface area contributed by atoms with Gasteiger partial charge in [0.1, 0.15) is 0 Å². The van der Waals surface area contributed by atoms with Crippen molar-refractivity contribution in [3.8, 4) is 0 Å². The molecule has 2 heteroatoms. The van der Waals surface area contributed by atoms with Crippen LogP contribution in [0.3, 0.4) is 0 Å².